The summed E-state index contributed by atoms with van der Waals surface area (Å²) in [5, 5.41) is 8.87. The first kappa shape index (κ1) is 9.97. The van der Waals surface area contributed by atoms with Crippen molar-refractivity contribution in [3.8, 4) is 0 Å². The van der Waals surface area contributed by atoms with E-state index in [1.807, 2.05) is 0 Å². The number of methoxy groups -OCH3 is 1. The minimum absolute atomic E-state index is 0.0975. The molecule has 2 bridgehead atoms. The Morgan fingerprint density at radius 2 is 1.71 bits per heavy atom. The van der Waals surface area contributed by atoms with Crippen molar-refractivity contribution in [2.45, 2.75) is 50.5 Å². The van der Waals surface area contributed by atoms with Crippen LogP contribution in [-0.2, 0) is 9.53 Å². The number of ether oxygens (including phenoxy) is 1. The standard InChI is InChI=1S/C11H18O3/c1-14-11-5-2-10(3-6-11,4-7-11)8-9(12)13/h2-8H2,1H3,(H,12,13). The lowest BCUT2D eigenvalue weighted by Gasteiger charge is -2.52. The number of fused-ring (bicyclic) bond motifs is 3. The molecule has 0 amide bonds. The predicted octanol–water partition coefficient (Wildman–Crippen LogP) is 2.20. The van der Waals surface area contributed by atoms with Crippen molar-refractivity contribution in [2.75, 3.05) is 7.11 Å². The van der Waals surface area contributed by atoms with Crippen LogP contribution >= 0.6 is 0 Å². The summed E-state index contributed by atoms with van der Waals surface area (Å²) < 4.78 is 5.57. The molecule has 0 unspecified atom stereocenters. The summed E-state index contributed by atoms with van der Waals surface area (Å²) in [5.41, 5.74) is 0.201. The van der Waals surface area contributed by atoms with E-state index in [1.54, 1.807) is 7.11 Å². The smallest absolute Gasteiger partial charge is 0.303 e. The molecule has 0 heterocycles. The monoisotopic (exact) mass is 198 g/mol. The lowest BCUT2D eigenvalue weighted by atomic mass is 9.57. The number of carboxylic acid groups (broad SMARTS) is 1. The molecule has 0 aromatic carbocycles. The molecule has 0 saturated heterocycles. The summed E-state index contributed by atoms with van der Waals surface area (Å²) in [5.74, 6) is -0.642. The van der Waals surface area contributed by atoms with E-state index >= 15 is 0 Å². The van der Waals surface area contributed by atoms with Crippen molar-refractivity contribution < 1.29 is 14.6 Å². The molecule has 14 heavy (non-hydrogen) atoms. The zero-order valence-corrected chi connectivity index (χ0v) is 8.71. The van der Waals surface area contributed by atoms with E-state index in [2.05, 4.69) is 0 Å². The first-order chi connectivity index (χ1) is 6.60. The van der Waals surface area contributed by atoms with Gasteiger partial charge in [0, 0.05) is 7.11 Å². The van der Waals surface area contributed by atoms with E-state index in [1.165, 1.54) is 0 Å². The third-order valence-electron chi connectivity index (χ3n) is 4.29. The van der Waals surface area contributed by atoms with Crippen molar-refractivity contribution in [1.29, 1.82) is 0 Å². The lowest BCUT2D eigenvalue weighted by molar-refractivity contribution is -0.150. The van der Waals surface area contributed by atoms with E-state index in [-0.39, 0.29) is 11.0 Å². The number of carboxylic acids is 1. The molecule has 0 spiro atoms. The maximum atomic E-state index is 10.8. The Morgan fingerprint density at radius 1 is 1.21 bits per heavy atom. The van der Waals surface area contributed by atoms with Gasteiger partial charge in [0.15, 0.2) is 0 Å². The number of carbonyl (C=O) groups is 1. The van der Waals surface area contributed by atoms with Crippen LogP contribution in [0.4, 0.5) is 0 Å². The van der Waals surface area contributed by atoms with Crippen LogP contribution in [-0.4, -0.2) is 23.8 Å². The SMILES string of the molecule is COC12CCC(CC(=O)O)(CC1)CC2. The van der Waals surface area contributed by atoms with Crippen molar-refractivity contribution in [2.24, 2.45) is 5.41 Å². The van der Waals surface area contributed by atoms with Gasteiger partial charge in [0.05, 0.1) is 12.0 Å². The highest BCUT2D eigenvalue weighted by molar-refractivity contribution is 5.67. The fourth-order valence-corrected chi connectivity index (χ4v) is 3.12. The van der Waals surface area contributed by atoms with Gasteiger partial charge in [-0.05, 0) is 43.9 Å². The van der Waals surface area contributed by atoms with Crippen LogP contribution in [0.2, 0.25) is 0 Å². The Labute approximate surface area is 84.4 Å². The maximum absolute atomic E-state index is 10.8. The fourth-order valence-electron chi connectivity index (χ4n) is 3.12. The normalized spacial score (nSPS) is 41.2. The largest absolute Gasteiger partial charge is 0.481 e. The average Bonchev–Trinajstić information content (AvgIpc) is 2.19. The van der Waals surface area contributed by atoms with Crippen LogP contribution in [0.5, 0.6) is 0 Å². The Bertz CT molecular complexity index is 222. The van der Waals surface area contributed by atoms with Crippen LogP contribution in [0.3, 0.4) is 0 Å². The molecule has 3 saturated carbocycles. The zero-order chi connectivity index (χ0) is 10.2. The second kappa shape index (κ2) is 3.23. The van der Waals surface area contributed by atoms with E-state index in [9.17, 15) is 4.79 Å². The number of hydrogen-bond acceptors (Lipinski definition) is 2. The Hall–Kier alpha value is -0.570. The molecular weight excluding hydrogens is 180 g/mol. The van der Waals surface area contributed by atoms with E-state index in [4.69, 9.17) is 9.84 Å². The van der Waals surface area contributed by atoms with Crippen molar-refractivity contribution in [3.63, 3.8) is 0 Å². The van der Waals surface area contributed by atoms with Gasteiger partial charge >= 0.3 is 5.97 Å². The fraction of sp³-hybridized carbons (Fsp3) is 0.909. The molecule has 0 atom stereocenters. The summed E-state index contributed by atoms with van der Waals surface area (Å²) >= 11 is 0. The molecule has 3 rings (SSSR count). The van der Waals surface area contributed by atoms with Gasteiger partial charge in [-0.3, -0.25) is 4.79 Å². The van der Waals surface area contributed by atoms with Crippen molar-refractivity contribution in [1.82, 2.24) is 0 Å². The molecule has 1 N–H and O–H groups in total. The van der Waals surface area contributed by atoms with Crippen molar-refractivity contribution >= 4 is 5.97 Å². The molecule has 0 radical (unpaired) electrons. The molecule has 0 aromatic heterocycles. The Balaban J connectivity index is 2.05. The maximum Gasteiger partial charge on any atom is 0.303 e. The molecule has 3 nitrogen and oxygen atoms in total. The lowest BCUT2D eigenvalue weighted by Crippen LogP contribution is -2.47. The first-order valence-electron chi connectivity index (χ1n) is 5.37. The van der Waals surface area contributed by atoms with Crippen LogP contribution in [0.15, 0.2) is 0 Å². The second-order valence-corrected chi connectivity index (χ2v) is 4.96. The van der Waals surface area contributed by atoms with Crippen molar-refractivity contribution in [3.05, 3.63) is 0 Å². The highest BCUT2D eigenvalue weighted by Gasteiger charge is 2.49. The quantitative estimate of drug-likeness (QED) is 0.756. The minimum atomic E-state index is -0.642. The topological polar surface area (TPSA) is 46.5 Å². The van der Waals surface area contributed by atoms with E-state index in [0.29, 0.717) is 6.42 Å². The molecule has 0 aromatic rings. The molecule has 3 aliphatic rings. The van der Waals surface area contributed by atoms with Crippen LogP contribution in [0, 0.1) is 5.41 Å². The van der Waals surface area contributed by atoms with Gasteiger partial charge in [0.2, 0.25) is 0 Å². The average molecular weight is 198 g/mol. The minimum Gasteiger partial charge on any atom is -0.481 e. The number of rotatable bonds is 3. The highest BCUT2D eigenvalue weighted by atomic mass is 16.5. The van der Waals surface area contributed by atoms with Gasteiger partial charge in [-0.2, -0.15) is 0 Å². The molecule has 3 aliphatic carbocycles. The van der Waals surface area contributed by atoms with Gasteiger partial charge < -0.3 is 9.84 Å². The summed E-state index contributed by atoms with van der Waals surface area (Å²) in [7, 11) is 1.79. The molecular formula is C11H18O3. The predicted molar refractivity (Wildman–Crippen MR) is 52.1 cm³/mol. The molecule has 80 valence electrons. The Morgan fingerprint density at radius 3 is 2.07 bits per heavy atom. The number of aliphatic carboxylic acids is 1. The Kier molecular flexibility index (Phi) is 2.30. The first-order valence-corrected chi connectivity index (χ1v) is 5.37. The van der Waals surface area contributed by atoms with Gasteiger partial charge in [-0.15, -0.1) is 0 Å². The molecule has 3 fully saturated rings. The van der Waals surface area contributed by atoms with Crippen LogP contribution in [0.1, 0.15) is 44.9 Å². The van der Waals surface area contributed by atoms with Gasteiger partial charge in [0.1, 0.15) is 0 Å². The highest BCUT2D eigenvalue weighted by Crippen LogP contribution is 2.55. The molecule has 3 heteroatoms. The molecule has 0 aliphatic heterocycles. The zero-order valence-electron chi connectivity index (χ0n) is 8.71. The summed E-state index contributed by atoms with van der Waals surface area (Å²) in [6.45, 7) is 0. The second-order valence-electron chi connectivity index (χ2n) is 4.96. The van der Waals surface area contributed by atoms with E-state index in [0.717, 1.165) is 38.5 Å². The summed E-state index contributed by atoms with van der Waals surface area (Å²) in [4.78, 5) is 10.8. The van der Waals surface area contributed by atoms with Gasteiger partial charge in [-0.25, -0.2) is 0 Å². The van der Waals surface area contributed by atoms with Gasteiger partial charge in [-0.1, -0.05) is 0 Å². The summed E-state index contributed by atoms with van der Waals surface area (Å²) in [6.07, 6.45) is 6.62. The third-order valence-corrected chi connectivity index (χ3v) is 4.29. The third kappa shape index (κ3) is 1.54. The van der Waals surface area contributed by atoms with Gasteiger partial charge in [0.25, 0.3) is 0 Å². The van der Waals surface area contributed by atoms with Crippen LogP contribution in [0.25, 0.3) is 0 Å². The van der Waals surface area contributed by atoms with Crippen LogP contribution < -0.4 is 0 Å². The van der Waals surface area contributed by atoms with E-state index < -0.39 is 5.97 Å². The summed E-state index contributed by atoms with van der Waals surface area (Å²) in [6, 6.07) is 0. The number of hydrogen-bond donors (Lipinski definition) is 1.